The lowest BCUT2D eigenvalue weighted by Crippen LogP contribution is -2.38. The van der Waals surface area contributed by atoms with E-state index in [9.17, 15) is 23.1 Å². The zero-order valence-electron chi connectivity index (χ0n) is 13.9. The second-order valence-electron chi connectivity index (χ2n) is 5.35. The summed E-state index contributed by atoms with van der Waals surface area (Å²) < 4.78 is 31.0. The molecule has 0 aromatic heterocycles. The Bertz CT molecular complexity index is 1020. The molecule has 0 aliphatic carbocycles. The highest BCUT2D eigenvalue weighted by atomic mass is 32.2. The first-order valence-corrected chi connectivity index (χ1v) is 8.94. The number of benzene rings is 2. The van der Waals surface area contributed by atoms with Crippen LogP contribution in [-0.4, -0.2) is 40.4 Å². The van der Waals surface area contributed by atoms with E-state index in [1.54, 1.807) is 6.07 Å². The van der Waals surface area contributed by atoms with Gasteiger partial charge in [0.15, 0.2) is 5.37 Å². The number of aromatic carboxylic acids is 1. The Balaban J connectivity index is 2.31. The molecule has 11 heteroatoms. The van der Waals surface area contributed by atoms with Crippen molar-refractivity contribution in [3.05, 3.63) is 53.6 Å². The molecule has 0 bridgehead atoms. The van der Waals surface area contributed by atoms with Gasteiger partial charge in [-0.1, -0.05) is 12.1 Å². The van der Waals surface area contributed by atoms with Gasteiger partial charge in [0, 0.05) is 0 Å². The van der Waals surface area contributed by atoms with E-state index in [2.05, 4.69) is 15.5 Å². The Morgan fingerprint density at radius 1 is 1.07 bits per heavy atom. The molecule has 4 N–H and O–H groups in total. The predicted molar refractivity (Wildman–Crippen MR) is 94.2 cm³/mol. The van der Waals surface area contributed by atoms with Gasteiger partial charge in [-0.3, -0.25) is 9.35 Å². The van der Waals surface area contributed by atoms with Crippen LogP contribution in [-0.2, 0) is 10.1 Å². The van der Waals surface area contributed by atoms with Crippen LogP contribution in [0.2, 0.25) is 0 Å². The third kappa shape index (κ3) is 5.09. The molecule has 10 nitrogen and oxygen atoms in total. The van der Waals surface area contributed by atoms with Gasteiger partial charge in [-0.15, -0.1) is 5.11 Å². The van der Waals surface area contributed by atoms with Crippen LogP contribution in [0.5, 0.6) is 5.75 Å². The maximum absolute atomic E-state index is 12.2. The van der Waals surface area contributed by atoms with Crippen LogP contribution in [0.1, 0.15) is 27.6 Å². The molecule has 2 rings (SSSR count). The molecule has 0 aliphatic heterocycles. The fraction of sp³-hybridized carbons (Fsp3) is 0.125. The van der Waals surface area contributed by atoms with Gasteiger partial charge in [0.1, 0.15) is 11.3 Å². The van der Waals surface area contributed by atoms with E-state index >= 15 is 0 Å². The molecule has 0 saturated heterocycles. The molecule has 0 heterocycles. The van der Waals surface area contributed by atoms with Crippen LogP contribution in [0.25, 0.3) is 0 Å². The summed E-state index contributed by atoms with van der Waals surface area (Å²) in [4.78, 5) is 23.2. The summed E-state index contributed by atoms with van der Waals surface area (Å²) in [5.41, 5.74) is -0.164. The number of carboxylic acid groups (broad SMARTS) is 1. The minimum absolute atomic E-state index is 0.00557. The first-order chi connectivity index (χ1) is 12.6. The molecule has 1 amide bonds. The van der Waals surface area contributed by atoms with E-state index in [0.29, 0.717) is 0 Å². The number of nitrogens with one attached hydrogen (secondary N) is 1. The number of carbonyl (C=O) groups excluding carboxylic acids is 1. The molecule has 2 aromatic rings. The normalized spacial score (nSPS) is 12.7. The monoisotopic (exact) mass is 393 g/mol. The number of carboxylic acids is 1. The van der Waals surface area contributed by atoms with Crippen molar-refractivity contribution in [2.45, 2.75) is 12.3 Å². The molecule has 1 atom stereocenters. The average Bonchev–Trinajstić information content (AvgIpc) is 2.60. The largest absolute Gasteiger partial charge is 0.507 e. The smallest absolute Gasteiger partial charge is 0.339 e. The summed E-state index contributed by atoms with van der Waals surface area (Å²) in [6.07, 6.45) is 0. The minimum atomic E-state index is -4.46. The number of carbonyl (C=O) groups is 2. The summed E-state index contributed by atoms with van der Waals surface area (Å²) in [6, 6.07) is 9.48. The van der Waals surface area contributed by atoms with Gasteiger partial charge in [-0.25, -0.2) is 4.79 Å². The molecule has 0 aliphatic rings. The molecule has 0 radical (unpaired) electrons. The third-order valence-electron chi connectivity index (χ3n) is 3.41. The lowest BCUT2D eigenvalue weighted by molar-refractivity contribution is 0.0693. The van der Waals surface area contributed by atoms with Crippen LogP contribution in [0, 0.1) is 0 Å². The van der Waals surface area contributed by atoms with E-state index in [0.717, 1.165) is 19.1 Å². The van der Waals surface area contributed by atoms with E-state index in [1.165, 1.54) is 24.3 Å². The van der Waals surface area contributed by atoms with Crippen molar-refractivity contribution in [3.8, 4) is 5.75 Å². The molecule has 0 saturated carbocycles. The highest BCUT2D eigenvalue weighted by Crippen LogP contribution is 2.26. The number of rotatable bonds is 6. The topological polar surface area (TPSA) is 166 Å². The second-order valence-corrected chi connectivity index (χ2v) is 7.09. The van der Waals surface area contributed by atoms with Gasteiger partial charge < -0.3 is 15.5 Å². The number of azo groups is 1. The fourth-order valence-corrected chi connectivity index (χ4v) is 2.21. The quantitative estimate of drug-likeness (QED) is 0.432. The average molecular weight is 393 g/mol. The molecular formula is C16H15N3O7S. The van der Waals surface area contributed by atoms with Gasteiger partial charge in [-0.2, -0.15) is 13.5 Å². The fourth-order valence-electron chi connectivity index (χ4n) is 1.96. The number of nitrogens with zero attached hydrogens (tertiary/aromatic N) is 2. The van der Waals surface area contributed by atoms with Crippen molar-refractivity contribution in [3.63, 3.8) is 0 Å². The van der Waals surface area contributed by atoms with Crippen molar-refractivity contribution in [1.82, 2.24) is 5.32 Å². The highest BCUT2D eigenvalue weighted by molar-refractivity contribution is 7.86. The van der Waals surface area contributed by atoms with E-state index < -0.39 is 33.1 Å². The lowest BCUT2D eigenvalue weighted by atomic mass is 10.1. The Kier molecular flexibility index (Phi) is 5.88. The molecule has 27 heavy (non-hydrogen) atoms. The summed E-state index contributed by atoms with van der Waals surface area (Å²) in [5.74, 6) is -2.57. The standard InChI is InChI=1S/C16H15N3O7S/c1-9(27(24,25)26)17-15(21)11-4-2-3-5-13(11)19-18-10-6-7-14(20)12(8-10)16(22)23/h2-9,20H,1H3,(H,17,21)(H,22,23)(H,24,25,26). The van der Waals surface area contributed by atoms with E-state index in [-0.39, 0.29) is 22.5 Å². The molecule has 1 unspecified atom stereocenters. The summed E-state index contributed by atoms with van der Waals surface area (Å²) in [6.45, 7) is 1.10. The van der Waals surface area contributed by atoms with Gasteiger partial charge in [0.25, 0.3) is 16.0 Å². The molecule has 0 spiro atoms. The maximum atomic E-state index is 12.2. The Hall–Kier alpha value is -3.31. The van der Waals surface area contributed by atoms with Crippen LogP contribution in [0.15, 0.2) is 52.7 Å². The van der Waals surface area contributed by atoms with Gasteiger partial charge in [0.2, 0.25) is 0 Å². The third-order valence-corrected chi connectivity index (χ3v) is 4.43. The second kappa shape index (κ2) is 7.93. The number of amides is 1. The van der Waals surface area contributed by atoms with Crippen LogP contribution >= 0.6 is 0 Å². The SMILES string of the molecule is CC(NC(=O)c1ccccc1N=Nc1ccc(O)c(C(=O)O)c1)S(=O)(=O)O. The van der Waals surface area contributed by atoms with Crippen LogP contribution < -0.4 is 5.32 Å². The van der Waals surface area contributed by atoms with Crippen LogP contribution in [0.3, 0.4) is 0 Å². The number of aromatic hydroxyl groups is 1. The predicted octanol–water partition coefficient (Wildman–Crippen LogP) is 2.47. The Morgan fingerprint density at radius 2 is 1.74 bits per heavy atom. The first-order valence-electron chi connectivity index (χ1n) is 7.44. The van der Waals surface area contributed by atoms with Crippen molar-refractivity contribution in [2.24, 2.45) is 10.2 Å². The van der Waals surface area contributed by atoms with Crippen LogP contribution in [0.4, 0.5) is 11.4 Å². The Morgan fingerprint density at radius 3 is 2.37 bits per heavy atom. The summed E-state index contributed by atoms with van der Waals surface area (Å²) in [7, 11) is -4.46. The lowest BCUT2D eigenvalue weighted by Gasteiger charge is -2.11. The number of hydrogen-bond donors (Lipinski definition) is 4. The van der Waals surface area contributed by atoms with Gasteiger partial charge in [-0.05, 0) is 37.3 Å². The van der Waals surface area contributed by atoms with E-state index in [4.69, 9.17) is 9.66 Å². The van der Waals surface area contributed by atoms with Crippen molar-refractivity contribution in [2.75, 3.05) is 0 Å². The summed E-state index contributed by atoms with van der Waals surface area (Å²) in [5, 5.41) is 26.8. The zero-order chi connectivity index (χ0) is 20.2. The molecule has 2 aromatic carbocycles. The molecular weight excluding hydrogens is 378 g/mol. The van der Waals surface area contributed by atoms with Crippen molar-refractivity contribution < 1.29 is 32.8 Å². The van der Waals surface area contributed by atoms with Gasteiger partial charge >= 0.3 is 5.97 Å². The summed E-state index contributed by atoms with van der Waals surface area (Å²) >= 11 is 0. The van der Waals surface area contributed by atoms with E-state index in [1.807, 2.05) is 0 Å². The number of hydrogen-bond acceptors (Lipinski definition) is 7. The first kappa shape index (κ1) is 20.0. The van der Waals surface area contributed by atoms with Crippen molar-refractivity contribution >= 4 is 33.4 Å². The minimum Gasteiger partial charge on any atom is -0.507 e. The maximum Gasteiger partial charge on any atom is 0.339 e. The van der Waals surface area contributed by atoms with Crippen molar-refractivity contribution in [1.29, 1.82) is 0 Å². The zero-order valence-corrected chi connectivity index (χ0v) is 14.7. The highest BCUT2D eigenvalue weighted by Gasteiger charge is 2.21. The molecule has 0 fully saturated rings. The Labute approximate surface area is 153 Å². The van der Waals surface area contributed by atoms with Gasteiger partial charge in [0.05, 0.1) is 16.9 Å². The molecule has 142 valence electrons. The number of phenols is 1.